The molecule has 164 valence electrons. The van der Waals surface area contributed by atoms with Crippen LogP contribution in [-0.2, 0) is 12.0 Å². The number of halogens is 3. The number of hydrogen-bond donors (Lipinski definition) is 3. The molecular weight excluding hydrogens is 518 g/mol. The summed E-state index contributed by atoms with van der Waals surface area (Å²) in [5, 5.41) is 9.73. The Labute approximate surface area is 199 Å². The molecule has 0 spiro atoms. The fourth-order valence-corrected chi connectivity index (χ4v) is 3.35. The third kappa shape index (κ3) is 7.43. The van der Waals surface area contributed by atoms with Crippen LogP contribution >= 0.6 is 35.6 Å². The summed E-state index contributed by atoms with van der Waals surface area (Å²) in [6.45, 7) is 7.61. The molecule has 0 heterocycles. The van der Waals surface area contributed by atoms with Crippen molar-refractivity contribution in [3.8, 4) is 0 Å². The van der Waals surface area contributed by atoms with E-state index in [0.717, 1.165) is 11.1 Å². The van der Waals surface area contributed by atoms with Crippen molar-refractivity contribution in [3.63, 3.8) is 0 Å². The Morgan fingerprint density at radius 1 is 1.13 bits per heavy atom. The van der Waals surface area contributed by atoms with Crippen molar-refractivity contribution in [3.05, 3.63) is 70.0 Å². The van der Waals surface area contributed by atoms with Gasteiger partial charge >= 0.3 is 0 Å². The van der Waals surface area contributed by atoms with E-state index in [-0.39, 0.29) is 41.1 Å². The number of nitrogens with one attached hydrogen (secondary N) is 3. The molecule has 5 nitrogen and oxygen atoms in total. The average molecular weight is 547 g/mol. The lowest BCUT2D eigenvalue weighted by Gasteiger charge is -2.27. The highest BCUT2D eigenvalue weighted by Crippen LogP contribution is 2.29. The number of guanidine groups is 1. The minimum atomic E-state index is -0.352. The number of rotatable bonds is 7. The quantitative estimate of drug-likeness (QED) is 0.272. The Morgan fingerprint density at radius 2 is 1.87 bits per heavy atom. The van der Waals surface area contributed by atoms with Gasteiger partial charge in [-0.2, -0.15) is 0 Å². The summed E-state index contributed by atoms with van der Waals surface area (Å²) in [6.07, 6.45) is 0. The molecule has 30 heavy (non-hydrogen) atoms. The first kappa shape index (κ1) is 26.2. The molecule has 0 unspecified atom stereocenters. The summed E-state index contributed by atoms with van der Waals surface area (Å²) in [5.41, 5.74) is 2.12. The second-order valence-electron chi connectivity index (χ2n) is 7.35. The average Bonchev–Trinajstić information content (AvgIpc) is 2.68. The molecule has 0 aromatic heterocycles. The number of nitrogens with zero attached hydrogens (tertiary/aromatic N) is 1. The standard InChI is InChI=1S/C22H28ClFN4O.HI/c1-5-26-20(29)16-8-6-7-15(11-16)13-27-21(25-4)28-14-22(2,3)18-10-9-17(24)12-19(18)23;/h6-12H,5,13-14H2,1-4H3,(H,26,29)(H2,25,27,28);1H. The Bertz CT molecular complexity index is 889. The Kier molecular flexibility index (Phi) is 10.6. The van der Waals surface area contributed by atoms with Crippen molar-refractivity contribution < 1.29 is 9.18 Å². The summed E-state index contributed by atoms with van der Waals surface area (Å²) in [5.74, 6) is 0.185. The summed E-state index contributed by atoms with van der Waals surface area (Å²) >= 11 is 6.22. The minimum Gasteiger partial charge on any atom is -0.356 e. The van der Waals surface area contributed by atoms with Gasteiger partial charge in [0.1, 0.15) is 5.82 Å². The molecule has 0 radical (unpaired) electrons. The van der Waals surface area contributed by atoms with Crippen LogP contribution in [0.4, 0.5) is 4.39 Å². The fourth-order valence-electron chi connectivity index (χ4n) is 2.93. The SMILES string of the molecule is CCNC(=O)c1cccc(CNC(=NC)NCC(C)(C)c2ccc(F)cc2Cl)c1.I. The lowest BCUT2D eigenvalue weighted by Crippen LogP contribution is -2.43. The van der Waals surface area contributed by atoms with Gasteiger partial charge in [0.05, 0.1) is 0 Å². The van der Waals surface area contributed by atoms with E-state index >= 15 is 0 Å². The molecule has 0 aliphatic carbocycles. The molecule has 0 atom stereocenters. The highest BCUT2D eigenvalue weighted by Gasteiger charge is 2.24. The van der Waals surface area contributed by atoms with E-state index in [2.05, 4.69) is 20.9 Å². The van der Waals surface area contributed by atoms with Crippen LogP contribution in [0.2, 0.25) is 5.02 Å². The number of aliphatic imine (C=N–C) groups is 1. The summed E-state index contributed by atoms with van der Waals surface area (Å²) in [6, 6.07) is 11.9. The van der Waals surface area contributed by atoms with Gasteiger partial charge < -0.3 is 16.0 Å². The van der Waals surface area contributed by atoms with E-state index in [1.54, 1.807) is 19.2 Å². The van der Waals surface area contributed by atoms with Gasteiger partial charge in [-0.1, -0.05) is 43.6 Å². The van der Waals surface area contributed by atoms with Crippen molar-refractivity contribution in [2.45, 2.75) is 32.7 Å². The van der Waals surface area contributed by atoms with Crippen LogP contribution in [-0.4, -0.2) is 32.0 Å². The first-order valence-electron chi connectivity index (χ1n) is 9.54. The molecule has 2 aromatic rings. The molecule has 0 bridgehead atoms. The lowest BCUT2D eigenvalue weighted by molar-refractivity contribution is 0.0955. The molecular formula is C22H29ClFIN4O. The Balaban J connectivity index is 0.00000450. The van der Waals surface area contributed by atoms with Gasteiger partial charge in [0, 0.05) is 42.7 Å². The molecule has 3 N–H and O–H groups in total. The molecule has 1 amide bonds. The molecule has 0 saturated heterocycles. The largest absolute Gasteiger partial charge is 0.356 e. The monoisotopic (exact) mass is 546 g/mol. The lowest BCUT2D eigenvalue weighted by atomic mass is 9.84. The first-order valence-corrected chi connectivity index (χ1v) is 9.92. The first-order chi connectivity index (χ1) is 13.8. The van der Waals surface area contributed by atoms with Gasteiger partial charge in [-0.05, 0) is 42.3 Å². The normalized spacial score (nSPS) is 11.5. The number of carbonyl (C=O) groups excluding carboxylic acids is 1. The van der Waals surface area contributed by atoms with E-state index < -0.39 is 0 Å². The van der Waals surface area contributed by atoms with E-state index in [1.165, 1.54) is 12.1 Å². The zero-order chi connectivity index (χ0) is 21.4. The fraction of sp³-hybridized carbons (Fsp3) is 0.364. The summed E-state index contributed by atoms with van der Waals surface area (Å²) < 4.78 is 13.3. The number of carbonyl (C=O) groups is 1. The zero-order valence-corrected chi connectivity index (χ0v) is 20.8. The number of benzene rings is 2. The van der Waals surface area contributed by atoms with E-state index in [0.29, 0.717) is 36.2 Å². The second kappa shape index (κ2) is 12.1. The Hall–Kier alpha value is -1.87. The Morgan fingerprint density at radius 3 is 2.50 bits per heavy atom. The van der Waals surface area contributed by atoms with Crippen LogP contribution in [0.15, 0.2) is 47.5 Å². The summed E-state index contributed by atoms with van der Waals surface area (Å²) in [4.78, 5) is 16.2. The number of amides is 1. The molecule has 2 rings (SSSR count). The third-order valence-electron chi connectivity index (χ3n) is 4.57. The molecule has 0 saturated carbocycles. The van der Waals surface area contributed by atoms with Crippen LogP contribution in [0.25, 0.3) is 0 Å². The van der Waals surface area contributed by atoms with Crippen molar-refractivity contribution in [2.75, 3.05) is 20.1 Å². The van der Waals surface area contributed by atoms with Gasteiger partial charge in [0.15, 0.2) is 5.96 Å². The minimum absolute atomic E-state index is 0. The van der Waals surface area contributed by atoms with Crippen LogP contribution in [0, 0.1) is 5.82 Å². The van der Waals surface area contributed by atoms with Crippen LogP contribution in [0.5, 0.6) is 0 Å². The van der Waals surface area contributed by atoms with E-state index in [1.807, 2.05) is 39.0 Å². The van der Waals surface area contributed by atoms with Crippen molar-refractivity contribution in [2.24, 2.45) is 4.99 Å². The van der Waals surface area contributed by atoms with E-state index in [9.17, 15) is 9.18 Å². The molecule has 8 heteroatoms. The van der Waals surface area contributed by atoms with Gasteiger partial charge in [0.25, 0.3) is 5.91 Å². The maximum atomic E-state index is 13.3. The van der Waals surface area contributed by atoms with Crippen molar-refractivity contribution in [1.29, 1.82) is 0 Å². The molecule has 2 aromatic carbocycles. The maximum absolute atomic E-state index is 13.3. The summed E-state index contributed by atoms with van der Waals surface area (Å²) in [7, 11) is 1.69. The maximum Gasteiger partial charge on any atom is 0.251 e. The van der Waals surface area contributed by atoms with Crippen molar-refractivity contribution >= 4 is 47.4 Å². The van der Waals surface area contributed by atoms with Gasteiger partial charge in [0.2, 0.25) is 0 Å². The van der Waals surface area contributed by atoms with Gasteiger partial charge in [-0.25, -0.2) is 4.39 Å². The van der Waals surface area contributed by atoms with Crippen LogP contribution < -0.4 is 16.0 Å². The van der Waals surface area contributed by atoms with Gasteiger partial charge in [-0.3, -0.25) is 9.79 Å². The highest BCUT2D eigenvalue weighted by molar-refractivity contribution is 14.0. The smallest absolute Gasteiger partial charge is 0.251 e. The zero-order valence-electron chi connectivity index (χ0n) is 17.7. The predicted octanol–water partition coefficient (Wildman–Crippen LogP) is 4.49. The highest BCUT2D eigenvalue weighted by atomic mass is 127. The predicted molar refractivity (Wildman–Crippen MR) is 133 cm³/mol. The van der Waals surface area contributed by atoms with Gasteiger partial charge in [-0.15, -0.1) is 24.0 Å². The third-order valence-corrected chi connectivity index (χ3v) is 4.88. The number of hydrogen-bond acceptors (Lipinski definition) is 2. The topological polar surface area (TPSA) is 65.5 Å². The second-order valence-corrected chi connectivity index (χ2v) is 7.75. The molecule has 0 aliphatic rings. The van der Waals surface area contributed by atoms with Crippen LogP contribution in [0.1, 0.15) is 42.3 Å². The molecule has 0 fully saturated rings. The van der Waals surface area contributed by atoms with E-state index in [4.69, 9.17) is 11.6 Å². The van der Waals surface area contributed by atoms with Crippen LogP contribution in [0.3, 0.4) is 0 Å². The van der Waals surface area contributed by atoms with Crippen molar-refractivity contribution in [1.82, 2.24) is 16.0 Å². The molecule has 0 aliphatic heterocycles.